The largest absolute Gasteiger partial charge is 0.313 e. The van der Waals surface area contributed by atoms with Crippen LogP contribution in [0, 0.1) is 5.92 Å². The molecular formula is C24H29OP. The Morgan fingerprint density at radius 3 is 1.85 bits per heavy atom. The van der Waals surface area contributed by atoms with Crippen molar-refractivity contribution in [2.45, 2.75) is 57.0 Å². The maximum absolute atomic E-state index is 15.0. The van der Waals surface area contributed by atoms with Crippen molar-refractivity contribution < 1.29 is 4.57 Å². The van der Waals surface area contributed by atoms with E-state index in [1.54, 1.807) is 0 Å². The van der Waals surface area contributed by atoms with Crippen molar-refractivity contribution in [2.75, 3.05) is 0 Å². The van der Waals surface area contributed by atoms with E-state index < -0.39 is 7.14 Å². The van der Waals surface area contributed by atoms with Gasteiger partial charge in [-0.3, -0.25) is 0 Å². The molecule has 2 aliphatic carbocycles. The van der Waals surface area contributed by atoms with Crippen molar-refractivity contribution in [3.8, 4) is 0 Å². The highest BCUT2D eigenvalue weighted by atomic mass is 31.2. The molecular weight excluding hydrogens is 335 g/mol. The van der Waals surface area contributed by atoms with Gasteiger partial charge in [0.1, 0.15) is 7.14 Å². The second-order valence-corrected chi connectivity index (χ2v) is 10.7. The van der Waals surface area contributed by atoms with Crippen molar-refractivity contribution in [3.05, 3.63) is 72.3 Å². The normalized spacial score (nSPS) is 19.9. The van der Waals surface area contributed by atoms with Crippen LogP contribution in [0.2, 0.25) is 0 Å². The summed E-state index contributed by atoms with van der Waals surface area (Å²) in [6, 6.07) is 20.6. The van der Waals surface area contributed by atoms with E-state index in [1.165, 1.54) is 44.1 Å². The Kier molecular flexibility index (Phi) is 5.46. The van der Waals surface area contributed by atoms with E-state index in [1.807, 2.05) is 36.4 Å². The van der Waals surface area contributed by atoms with Crippen molar-refractivity contribution in [3.63, 3.8) is 0 Å². The Morgan fingerprint density at radius 1 is 0.769 bits per heavy atom. The smallest absolute Gasteiger partial charge is 0.150 e. The molecule has 0 amide bonds. The highest BCUT2D eigenvalue weighted by Crippen LogP contribution is 2.58. The molecule has 26 heavy (non-hydrogen) atoms. The van der Waals surface area contributed by atoms with Gasteiger partial charge in [-0.05, 0) is 38.0 Å². The Hall–Kier alpha value is -1.59. The molecule has 2 aromatic carbocycles. The van der Waals surface area contributed by atoms with Crippen LogP contribution in [-0.2, 0) is 4.57 Å². The quantitative estimate of drug-likeness (QED) is 0.465. The average Bonchev–Trinajstić information content (AvgIpc) is 3.24. The molecule has 0 saturated heterocycles. The van der Waals surface area contributed by atoms with Gasteiger partial charge >= 0.3 is 0 Å². The number of hydrogen-bond acceptors (Lipinski definition) is 1. The summed E-state index contributed by atoms with van der Waals surface area (Å²) < 4.78 is 15.0. The zero-order valence-electron chi connectivity index (χ0n) is 15.5. The van der Waals surface area contributed by atoms with Gasteiger partial charge in [0.15, 0.2) is 0 Å². The fourth-order valence-electron chi connectivity index (χ4n) is 5.02. The topological polar surface area (TPSA) is 17.1 Å². The number of benzene rings is 2. The lowest BCUT2D eigenvalue weighted by atomic mass is 9.84. The summed E-state index contributed by atoms with van der Waals surface area (Å²) in [5.74, 6) is 0.555. The molecule has 1 unspecified atom stereocenters. The predicted molar refractivity (Wildman–Crippen MR) is 112 cm³/mol. The number of rotatable bonds is 5. The Bertz CT molecular complexity index is 744. The molecule has 0 heterocycles. The Balaban J connectivity index is 1.88. The first kappa shape index (κ1) is 17.8. The number of allylic oxidation sites excluding steroid dienone is 2. The minimum Gasteiger partial charge on any atom is -0.313 e. The van der Waals surface area contributed by atoms with E-state index in [0.717, 1.165) is 23.5 Å². The molecule has 2 heteroatoms. The highest BCUT2D eigenvalue weighted by molar-refractivity contribution is 7.79. The lowest BCUT2D eigenvalue weighted by molar-refractivity contribution is 0.354. The van der Waals surface area contributed by atoms with Gasteiger partial charge in [0.2, 0.25) is 0 Å². The first-order valence-corrected chi connectivity index (χ1v) is 12.0. The minimum absolute atomic E-state index is 0.190. The van der Waals surface area contributed by atoms with Crippen LogP contribution in [0.3, 0.4) is 0 Å². The Labute approximate surface area is 157 Å². The summed E-state index contributed by atoms with van der Waals surface area (Å²) in [5.41, 5.74) is 1.67. The van der Waals surface area contributed by atoms with E-state index in [0.29, 0.717) is 5.92 Å². The van der Waals surface area contributed by atoms with Crippen molar-refractivity contribution in [1.82, 2.24) is 0 Å². The molecule has 0 aliphatic heterocycles. The van der Waals surface area contributed by atoms with Gasteiger partial charge in [-0.1, -0.05) is 91.6 Å². The fourth-order valence-corrected chi connectivity index (χ4v) is 8.78. The molecule has 136 valence electrons. The molecule has 2 aromatic rings. The van der Waals surface area contributed by atoms with Crippen LogP contribution in [0.5, 0.6) is 0 Å². The summed E-state index contributed by atoms with van der Waals surface area (Å²) in [7, 11) is -2.72. The van der Waals surface area contributed by atoms with Gasteiger partial charge in [-0.2, -0.15) is 0 Å². The van der Waals surface area contributed by atoms with Crippen LogP contribution in [0.1, 0.15) is 51.4 Å². The van der Waals surface area contributed by atoms with Crippen molar-refractivity contribution in [1.29, 1.82) is 0 Å². The standard InChI is InChI=1S/C24H29OP/c25-26(22-16-6-2-7-17-22,23-18-8-3-9-19-23)24(21-14-10-11-15-21)20-12-4-1-5-13-20/h2-3,6-9,14,16-20,24H,1,4-5,10-13,15H2. The van der Waals surface area contributed by atoms with Gasteiger partial charge in [0.05, 0.1) is 0 Å². The molecule has 1 nitrogen and oxygen atoms in total. The summed E-state index contributed by atoms with van der Waals surface area (Å²) in [5, 5.41) is 2.07. The van der Waals surface area contributed by atoms with Gasteiger partial charge < -0.3 is 4.57 Å². The van der Waals surface area contributed by atoms with Gasteiger partial charge in [-0.15, -0.1) is 0 Å². The molecule has 0 N–H and O–H groups in total. The zero-order valence-corrected chi connectivity index (χ0v) is 16.4. The van der Waals surface area contributed by atoms with Gasteiger partial charge in [0, 0.05) is 16.3 Å². The summed E-state index contributed by atoms with van der Waals surface area (Å²) in [4.78, 5) is 0. The fraction of sp³-hybridized carbons (Fsp3) is 0.417. The molecule has 1 atom stereocenters. The van der Waals surface area contributed by atoms with Crippen LogP contribution in [0.4, 0.5) is 0 Å². The van der Waals surface area contributed by atoms with Crippen molar-refractivity contribution in [2.24, 2.45) is 5.92 Å². The molecule has 0 radical (unpaired) electrons. The van der Waals surface area contributed by atoms with E-state index in [-0.39, 0.29) is 5.66 Å². The SMILES string of the molecule is O=P(c1ccccc1)(c1ccccc1)C(C1=CCCC1)C1CCCCC1. The summed E-state index contributed by atoms with van der Waals surface area (Å²) in [6.45, 7) is 0. The first-order valence-electron chi connectivity index (χ1n) is 10.2. The molecule has 0 bridgehead atoms. The molecule has 4 rings (SSSR count). The van der Waals surface area contributed by atoms with Crippen LogP contribution < -0.4 is 10.6 Å². The third-order valence-electron chi connectivity index (χ3n) is 6.22. The molecule has 1 fully saturated rings. The first-order chi connectivity index (χ1) is 12.8. The maximum atomic E-state index is 15.0. The highest BCUT2D eigenvalue weighted by Gasteiger charge is 2.43. The van der Waals surface area contributed by atoms with Gasteiger partial charge in [-0.25, -0.2) is 0 Å². The molecule has 0 aromatic heterocycles. The minimum atomic E-state index is -2.72. The van der Waals surface area contributed by atoms with Crippen LogP contribution >= 0.6 is 7.14 Å². The third kappa shape index (κ3) is 3.35. The van der Waals surface area contributed by atoms with E-state index in [4.69, 9.17) is 0 Å². The second-order valence-electron chi connectivity index (χ2n) is 7.84. The molecule has 0 spiro atoms. The van der Waals surface area contributed by atoms with E-state index >= 15 is 0 Å². The predicted octanol–water partition coefficient (Wildman–Crippen LogP) is 6.06. The number of hydrogen-bond donors (Lipinski definition) is 0. The summed E-state index contributed by atoms with van der Waals surface area (Å²) >= 11 is 0. The monoisotopic (exact) mass is 364 g/mol. The zero-order chi connectivity index (χ0) is 17.8. The van der Waals surface area contributed by atoms with Crippen LogP contribution in [0.25, 0.3) is 0 Å². The van der Waals surface area contributed by atoms with E-state index in [2.05, 4.69) is 30.3 Å². The van der Waals surface area contributed by atoms with Crippen LogP contribution in [0.15, 0.2) is 72.3 Å². The maximum Gasteiger partial charge on any atom is 0.150 e. The molecule has 1 saturated carbocycles. The average molecular weight is 364 g/mol. The van der Waals surface area contributed by atoms with Gasteiger partial charge in [0.25, 0.3) is 0 Å². The Morgan fingerprint density at radius 2 is 1.35 bits per heavy atom. The van der Waals surface area contributed by atoms with Crippen molar-refractivity contribution >= 4 is 17.8 Å². The van der Waals surface area contributed by atoms with E-state index in [9.17, 15) is 4.57 Å². The second kappa shape index (κ2) is 7.97. The van der Waals surface area contributed by atoms with Crippen LogP contribution in [-0.4, -0.2) is 5.66 Å². The third-order valence-corrected chi connectivity index (χ3v) is 9.89. The lowest BCUT2D eigenvalue weighted by Crippen LogP contribution is -2.33. The molecule has 2 aliphatic rings. The lowest BCUT2D eigenvalue weighted by Gasteiger charge is -2.37. The summed E-state index contributed by atoms with van der Waals surface area (Å²) in [6.07, 6.45) is 12.3.